The molecule has 7 nitrogen and oxygen atoms in total. The Bertz CT molecular complexity index is 375. The highest BCUT2D eigenvalue weighted by Crippen LogP contribution is 2.03. The molecule has 0 atom stereocenters. The maximum atomic E-state index is 11.9. The third-order valence-electron chi connectivity index (χ3n) is 4.14. The van der Waals surface area contributed by atoms with Crippen LogP contribution in [0.1, 0.15) is 13.3 Å². The van der Waals surface area contributed by atoms with Crippen LogP contribution in [0.2, 0.25) is 0 Å². The van der Waals surface area contributed by atoms with E-state index in [0.717, 1.165) is 58.1 Å². The number of aliphatic imine (C=N–C) groups is 1. The maximum absolute atomic E-state index is 11.9. The molecule has 2 fully saturated rings. The van der Waals surface area contributed by atoms with Gasteiger partial charge in [-0.25, -0.2) is 4.79 Å². The SMILES string of the molecule is CCC(=NC(=O)OCCN1CCN(C)CC1)N1CCOCC1. The van der Waals surface area contributed by atoms with E-state index in [-0.39, 0.29) is 0 Å². The van der Waals surface area contributed by atoms with Gasteiger partial charge >= 0.3 is 6.09 Å². The molecule has 2 aliphatic rings. The van der Waals surface area contributed by atoms with Crippen molar-refractivity contribution in [2.75, 3.05) is 72.7 Å². The van der Waals surface area contributed by atoms with Crippen LogP contribution in [-0.2, 0) is 9.47 Å². The third kappa shape index (κ3) is 5.55. The van der Waals surface area contributed by atoms with E-state index in [2.05, 4.69) is 26.7 Å². The van der Waals surface area contributed by atoms with Crippen LogP contribution >= 0.6 is 0 Å². The number of likely N-dealkylation sites (N-methyl/N-ethyl adjacent to an activating group) is 1. The van der Waals surface area contributed by atoms with E-state index in [0.29, 0.717) is 19.8 Å². The van der Waals surface area contributed by atoms with E-state index in [9.17, 15) is 4.79 Å². The van der Waals surface area contributed by atoms with Crippen molar-refractivity contribution >= 4 is 11.9 Å². The molecule has 7 heteroatoms. The van der Waals surface area contributed by atoms with Crippen LogP contribution in [0.5, 0.6) is 0 Å². The summed E-state index contributed by atoms with van der Waals surface area (Å²) in [6, 6.07) is 0. The fraction of sp³-hybridized carbons (Fsp3) is 0.867. The first-order valence-corrected chi connectivity index (χ1v) is 8.17. The summed E-state index contributed by atoms with van der Waals surface area (Å²) in [5.74, 6) is 0.799. The smallest absolute Gasteiger partial charge is 0.435 e. The molecule has 0 aliphatic carbocycles. The third-order valence-corrected chi connectivity index (χ3v) is 4.14. The number of hydrogen-bond acceptors (Lipinski definition) is 5. The molecule has 0 spiro atoms. The normalized spacial score (nSPS) is 21.9. The number of rotatable bonds is 4. The van der Waals surface area contributed by atoms with Crippen molar-refractivity contribution in [3.05, 3.63) is 0 Å². The Morgan fingerprint density at radius 3 is 2.45 bits per heavy atom. The summed E-state index contributed by atoms with van der Waals surface area (Å²) in [7, 11) is 2.13. The molecule has 0 N–H and O–H groups in total. The summed E-state index contributed by atoms with van der Waals surface area (Å²) < 4.78 is 10.6. The zero-order valence-corrected chi connectivity index (χ0v) is 13.8. The van der Waals surface area contributed by atoms with Crippen LogP contribution < -0.4 is 0 Å². The lowest BCUT2D eigenvalue weighted by molar-refractivity contribution is 0.0669. The van der Waals surface area contributed by atoms with Crippen LogP contribution in [0.3, 0.4) is 0 Å². The highest BCUT2D eigenvalue weighted by atomic mass is 16.5. The molecule has 0 bridgehead atoms. The van der Waals surface area contributed by atoms with Crippen LogP contribution in [0.25, 0.3) is 0 Å². The molecule has 0 aromatic heterocycles. The molecule has 0 aromatic carbocycles. The summed E-state index contributed by atoms with van der Waals surface area (Å²) in [4.78, 5) is 22.7. The van der Waals surface area contributed by atoms with Gasteiger partial charge in [0.1, 0.15) is 12.4 Å². The van der Waals surface area contributed by atoms with E-state index < -0.39 is 6.09 Å². The van der Waals surface area contributed by atoms with Crippen molar-refractivity contribution in [2.24, 2.45) is 4.99 Å². The monoisotopic (exact) mass is 312 g/mol. The Morgan fingerprint density at radius 2 is 1.82 bits per heavy atom. The number of ether oxygens (including phenoxy) is 2. The first kappa shape index (κ1) is 17.2. The molecule has 0 aromatic rings. The van der Waals surface area contributed by atoms with Crippen LogP contribution in [0.4, 0.5) is 4.79 Å². The molecule has 2 rings (SSSR count). The Labute approximate surface area is 132 Å². The predicted molar refractivity (Wildman–Crippen MR) is 85.4 cm³/mol. The van der Waals surface area contributed by atoms with Crippen molar-refractivity contribution in [3.63, 3.8) is 0 Å². The van der Waals surface area contributed by atoms with Gasteiger partial charge < -0.3 is 19.3 Å². The number of amidine groups is 1. The minimum absolute atomic E-state index is 0.409. The summed E-state index contributed by atoms with van der Waals surface area (Å²) in [6.07, 6.45) is 0.255. The number of piperazine rings is 1. The number of carbonyl (C=O) groups is 1. The van der Waals surface area contributed by atoms with Crippen LogP contribution in [0.15, 0.2) is 4.99 Å². The zero-order valence-electron chi connectivity index (χ0n) is 13.8. The Balaban J connectivity index is 1.70. The van der Waals surface area contributed by atoms with Crippen molar-refractivity contribution < 1.29 is 14.3 Å². The number of amides is 1. The van der Waals surface area contributed by atoms with Crippen molar-refractivity contribution in [2.45, 2.75) is 13.3 Å². The summed E-state index contributed by atoms with van der Waals surface area (Å²) in [5.41, 5.74) is 0. The summed E-state index contributed by atoms with van der Waals surface area (Å²) >= 11 is 0. The average molecular weight is 312 g/mol. The number of morpholine rings is 1. The number of hydrogen-bond donors (Lipinski definition) is 0. The lowest BCUT2D eigenvalue weighted by atomic mass is 10.3. The number of carbonyl (C=O) groups excluding carboxylic acids is 1. The fourth-order valence-electron chi connectivity index (χ4n) is 2.67. The quantitative estimate of drug-likeness (QED) is 0.557. The Morgan fingerprint density at radius 1 is 1.14 bits per heavy atom. The van der Waals surface area contributed by atoms with Crippen molar-refractivity contribution in [3.8, 4) is 0 Å². The minimum Gasteiger partial charge on any atom is -0.447 e. The van der Waals surface area contributed by atoms with Gasteiger partial charge in [0.2, 0.25) is 0 Å². The average Bonchev–Trinajstić information content (AvgIpc) is 2.55. The molecule has 0 radical (unpaired) electrons. The van der Waals surface area contributed by atoms with Gasteiger partial charge in [-0.15, -0.1) is 0 Å². The molecule has 0 saturated carbocycles. The van der Waals surface area contributed by atoms with Crippen molar-refractivity contribution in [1.82, 2.24) is 14.7 Å². The maximum Gasteiger partial charge on any atom is 0.435 e. The van der Waals surface area contributed by atoms with Crippen LogP contribution in [0, 0.1) is 0 Å². The molecule has 126 valence electrons. The molecule has 0 unspecified atom stereocenters. The van der Waals surface area contributed by atoms with Gasteiger partial charge in [-0.05, 0) is 7.05 Å². The molecular formula is C15H28N4O3. The van der Waals surface area contributed by atoms with E-state index in [4.69, 9.17) is 9.47 Å². The zero-order chi connectivity index (χ0) is 15.8. The molecule has 2 heterocycles. The van der Waals surface area contributed by atoms with Gasteiger partial charge in [-0.3, -0.25) is 4.90 Å². The van der Waals surface area contributed by atoms with Crippen LogP contribution in [-0.4, -0.2) is 99.3 Å². The summed E-state index contributed by atoms with van der Waals surface area (Å²) in [5, 5.41) is 0. The largest absolute Gasteiger partial charge is 0.447 e. The molecule has 22 heavy (non-hydrogen) atoms. The fourth-order valence-corrected chi connectivity index (χ4v) is 2.67. The standard InChI is InChI=1S/C15H28N4O3/c1-3-14(19-9-11-21-12-10-19)16-15(20)22-13-8-18-6-4-17(2)5-7-18/h3-13H2,1-2H3. The van der Waals surface area contributed by atoms with Gasteiger partial charge in [-0.1, -0.05) is 6.92 Å². The Hall–Kier alpha value is -1.18. The van der Waals surface area contributed by atoms with Gasteiger partial charge in [0.15, 0.2) is 0 Å². The molecular weight excluding hydrogens is 284 g/mol. The number of nitrogens with zero attached hydrogens (tertiary/aromatic N) is 4. The first-order valence-electron chi connectivity index (χ1n) is 8.17. The highest BCUT2D eigenvalue weighted by molar-refractivity contribution is 5.91. The first-order chi connectivity index (χ1) is 10.7. The Kier molecular flexibility index (Phi) is 7.08. The topological polar surface area (TPSA) is 57.6 Å². The van der Waals surface area contributed by atoms with E-state index >= 15 is 0 Å². The lowest BCUT2D eigenvalue weighted by Gasteiger charge is -2.32. The second-order valence-corrected chi connectivity index (χ2v) is 5.74. The molecule has 2 saturated heterocycles. The van der Waals surface area contributed by atoms with E-state index in [1.165, 1.54) is 0 Å². The van der Waals surface area contributed by atoms with E-state index in [1.54, 1.807) is 0 Å². The second kappa shape index (κ2) is 9.07. The van der Waals surface area contributed by atoms with E-state index in [1.807, 2.05) is 6.92 Å². The second-order valence-electron chi connectivity index (χ2n) is 5.74. The van der Waals surface area contributed by atoms with Gasteiger partial charge in [0, 0.05) is 52.2 Å². The minimum atomic E-state index is -0.475. The molecule has 2 aliphatic heterocycles. The lowest BCUT2D eigenvalue weighted by Crippen LogP contribution is -2.45. The molecule has 1 amide bonds. The van der Waals surface area contributed by atoms with Gasteiger partial charge in [0.25, 0.3) is 0 Å². The van der Waals surface area contributed by atoms with Crippen molar-refractivity contribution in [1.29, 1.82) is 0 Å². The van der Waals surface area contributed by atoms with Gasteiger partial charge in [-0.2, -0.15) is 4.99 Å². The van der Waals surface area contributed by atoms with Gasteiger partial charge in [0.05, 0.1) is 13.2 Å². The highest BCUT2D eigenvalue weighted by Gasteiger charge is 2.16. The predicted octanol–water partition coefficient (Wildman–Crippen LogP) is 0.511. The summed E-state index contributed by atoms with van der Waals surface area (Å²) in [6.45, 7) is 10.4.